The normalized spacial score (nSPS) is 11.2. The van der Waals surface area contributed by atoms with E-state index in [0.717, 1.165) is 6.42 Å². The summed E-state index contributed by atoms with van der Waals surface area (Å²) < 4.78 is 8.13. The van der Waals surface area contributed by atoms with Gasteiger partial charge in [-0.05, 0) is 6.92 Å². The maximum Gasteiger partial charge on any atom is 0.348 e. The number of nitrogens with zero attached hydrogens (tertiary/aromatic N) is 2. The zero-order valence-electron chi connectivity index (χ0n) is 9.80. The lowest BCUT2D eigenvalue weighted by Crippen LogP contribution is -2.43. The molecule has 0 aliphatic rings. The fourth-order valence-corrected chi connectivity index (χ4v) is 2.61. The summed E-state index contributed by atoms with van der Waals surface area (Å²) in [4.78, 5) is 12.5. The van der Waals surface area contributed by atoms with Gasteiger partial charge in [0.25, 0.3) is 0 Å². The summed E-state index contributed by atoms with van der Waals surface area (Å²) in [5.74, 6) is -0.200. The first kappa shape index (κ1) is 12.1. The predicted octanol–water partition coefficient (Wildman–Crippen LogP) is 0.0670. The van der Waals surface area contributed by atoms with Crippen molar-refractivity contribution in [2.75, 3.05) is 13.7 Å². The number of thiazole rings is 1. The molecule has 0 saturated heterocycles. The van der Waals surface area contributed by atoms with E-state index >= 15 is 0 Å². The second kappa shape index (κ2) is 4.85. The number of aromatic nitrogens is 2. The van der Waals surface area contributed by atoms with Crippen LogP contribution in [-0.2, 0) is 11.3 Å². The van der Waals surface area contributed by atoms with Crippen LogP contribution in [0.3, 0.4) is 0 Å². The Morgan fingerprint density at radius 3 is 3.06 bits per heavy atom. The largest absolute Gasteiger partial charge is 0.842 e. The monoisotopic (exact) mass is 254 g/mol. The molecule has 0 bridgehead atoms. The Kier molecular flexibility index (Phi) is 3.44. The standard InChI is InChI=1S/C11H14N2O3S/c1-8-9(14)12(4-3-6-16-2)11-13(10(8)15)5-7-17-11/h5,7H,3-4,6H2,1-2H3. The highest BCUT2D eigenvalue weighted by atomic mass is 32.1. The molecule has 0 amide bonds. The SMILES string of the molecule is COCCC[n+]1c([O-])c(C)c(=O)n2ccsc21. The minimum absolute atomic E-state index is 0.200. The molecule has 2 rings (SSSR count). The summed E-state index contributed by atoms with van der Waals surface area (Å²) in [6, 6.07) is 0. The van der Waals surface area contributed by atoms with Gasteiger partial charge in [-0.3, -0.25) is 0 Å². The Hall–Kier alpha value is -1.40. The van der Waals surface area contributed by atoms with Crippen molar-refractivity contribution in [3.05, 3.63) is 27.5 Å². The molecule has 0 unspecified atom stereocenters. The number of methoxy groups -OCH3 is 1. The highest BCUT2D eigenvalue weighted by molar-refractivity contribution is 7.14. The van der Waals surface area contributed by atoms with E-state index in [1.165, 1.54) is 15.7 Å². The van der Waals surface area contributed by atoms with Crippen LogP contribution in [0.1, 0.15) is 12.0 Å². The lowest BCUT2D eigenvalue weighted by atomic mass is 10.3. The Bertz CT molecular complexity index is 588. The van der Waals surface area contributed by atoms with Crippen LogP contribution in [0.15, 0.2) is 16.4 Å². The van der Waals surface area contributed by atoms with E-state index in [-0.39, 0.29) is 17.0 Å². The van der Waals surface area contributed by atoms with Crippen LogP contribution in [0.25, 0.3) is 4.96 Å². The van der Waals surface area contributed by atoms with Crippen LogP contribution in [0.4, 0.5) is 0 Å². The topological polar surface area (TPSA) is 57.7 Å². The van der Waals surface area contributed by atoms with Gasteiger partial charge in [0.1, 0.15) is 6.20 Å². The van der Waals surface area contributed by atoms with E-state index in [1.807, 2.05) is 5.38 Å². The first-order valence-corrected chi connectivity index (χ1v) is 6.23. The molecule has 6 heteroatoms. The molecule has 0 radical (unpaired) electrons. The van der Waals surface area contributed by atoms with Crippen LogP contribution in [0.5, 0.6) is 5.88 Å². The minimum atomic E-state index is -0.228. The van der Waals surface area contributed by atoms with Gasteiger partial charge >= 0.3 is 10.5 Å². The van der Waals surface area contributed by atoms with Crippen LogP contribution in [-0.4, -0.2) is 18.1 Å². The van der Waals surface area contributed by atoms with Gasteiger partial charge in [0.05, 0.1) is 18.0 Å². The van der Waals surface area contributed by atoms with Gasteiger partial charge < -0.3 is 9.84 Å². The number of rotatable bonds is 4. The minimum Gasteiger partial charge on any atom is -0.842 e. The second-order valence-corrected chi connectivity index (χ2v) is 4.66. The maximum absolute atomic E-state index is 12.0. The summed E-state index contributed by atoms with van der Waals surface area (Å²) >= 11 is 1.39. The van der Waals surface area contributed by atoms with Crippen LogP contribution in [0.2, 0.25) is 0 Å². The van der Waals surface area contributed by atoms with Crippen LogP contribution < -0.4 is 15.2 Å². The van der Waals surface area contributed by atoms with Crippen molar-refractivity contribution in [1.29, 1.82) is 0 Å². The van der Waals surface area contributed by atoms with E-state index in [9.17, 15) is 9.90 Å². The van der Waals surface area contributed by atoms with Crippen LogP contribution >= 0.6 is 11.3 Å². The maximum atomic E-state index is 12.0. The molecule has 2 aromatic heterocycles. The summed E-state index contributed by atoms with van der Waals surface area (Å²) in [7, 11) is 1.63. The first-order valence-electron chi connectivity index (χ1n) is 5.35. The van der Waals surface area contributed by atoms with E-state index in [0.29, 0.717) is 18.1 Å². The molecule has 0 aliphatic heterocycles. The number of ether oxygens (including phenoxy) is 1. The fourth-order valence-electron chi connectivity index (χ4n) is 1.75. The molecule has 0 atom stereocenters. The zero-order chi connectivity index (χ0) is 12.4. The number of hydrogen-bond donors (Lipinski definition) is 0. The number of hydrogen-bond acceptors (Lipinski definition) is 4. The lowest BCUT2D eigenvalue weighted by Gasteiger charge is -2.12. The van der Waals surface area contributed by atoms with Crippen molar-refractivity contribution in [3.8, 4) is 5.88 Å². The summed E-state index contributed by atoms with van der Waals surface area (Å²) in [5.41, 5.74) is 0.0348. The zero-order valence-corrected chi connectivity index (χ0v) is 10.6. The van der Waals surface area contributed by atoms with E-state index in [4.69, 9.17) is 4.74 Å². The number of aryl methyl sites for hydroxylation is 1. The third-order valence-corrected chi connectivity index (χ3v) is 3.54. The van der Waals surface area contributed by atoms with Crippen molar-refractivity contribution in [3.63, 3.8) is 0 Å². The van der Waals surface area contributed by atoms with Gasteiger partial charge in [0, 0.05) is 25.5 Å². The summed E-state index contributed by atoms with van der Waals surface area (Å²) in [6.45, 7) is 2.74. The molecule has 2 aromatic rings. The second-order valence-electron chi connectivity index (χ2n) is 3.79. The molecular formula is C11H14N2O3S. The van der Waals surface area contributed by atoms with Gasteiger partial charge in [-0.1, -0.05) is 11.3 Å². The lowest BCUT2D eigenvalue weighted by molar-refractivity contribution is -0.715. The Balaban J connectivity index is 2.53. The molecule has 0 N–H and O–H groups in total. The summed E-state index contributed by atoms with van der Waals surface area (Å²) in [6.07, 6.45) is 2.45. The number of fused-ring (bicyclic) bond motifs is 1. The molecular weight excluding hydrogens is 240 g/mol. The van der Waals surface area contributed by atoms with Crippen LogP contribution in [0, 0.1) is 6.92 Å². The third kappa shape index (κ3) is 2.05. The Morgan fingerprint density at radius 2 is 2.35 bits per heavy atom. The molecule has 0 saturated carbocycles. The van der Waals surface area contributed by atoms with E-state index in [2.05, 4.69) is 0 Å². The molecule has 2 heterocycles. The molecule has 17 heavy (non-hydrogen) atoms. The molecule has 0 spiro atoms. The van der Waals surface area contributed by atoms with Crippen molar-refractivity contribution >= 4 is 16.3 Å². The van der Waals surface area contributed by atoms with Gasteiger partial charge in [0.2, 0.25) is 0 Å². The quantitative estimate of drug-likeness (QED) is 0.573. The molecule has 5 nitrogen and oxygen atoms in total. The van der Waals surface area contributed by atoms with E-state index in [1.54, 1.807) is 24.8 Å². The van der Waals surface area contributed by atoms with Crippen molar-refractivity contribution in [2.45, 2.75) is 19.9 Å². The van der Waals surface area contributed by atoms with Crippen molar-refractivity contribution < 1.29 is 14.4 Å². The Labute approximate surface area is 103 Å². The van der Waals surface area contributed by atoms with Gasteiger partial charge in [0.15, 0.2) is 0 Å². The van der Waals surface area contributed by atoms with Gasteiger partial charge in [-0.2, -0.15) is 4.40 Å². The van der Waals surface area contributed by atoms with Gasteiger partial charge in [-0.25, -0.2) is 9.36 Å². The average Bonchev–Trinajstić information content (AvgIpc) is 2.80. The molecule has 0 aliphatic carbocycles. The predicted molar refractivity (Wildman–Crippen MR) is 62.4 cm³/mol. The smallest absolute Gasteiger partial charge is 0.348 e. The molecule has 0 fully saturated rings. The third-order valence-electron chi connectivity index (χ3n) is 2.66. The van der Waals surface area contributed by atoms with E-state index < -0.39 is 0 Å². The van der Waals surface area contributed by atoms with Gasteiger partial charge in [-0.15, -0.1) is 0 Å². The highest BCUT2D eigenvalue weighted by Crippen LogP contribution is 2.10. The molecule has 0 aromatic carbocycles. The fraction of sp³-hybridized carbons (Fsp3) is 0.455. The highest BCUT2D eigenvalue weighted by Gasteiger charge is 2.16. The van der Waals surface area contributed by atoms with Crippen molar-refractivity contribution in [1.82, 2.24) is 4.40 Å². The van der Waals surface area contributed by atoms with Crippen molar-refractivity contribution in [2.24, 2.45) is 0 Å². The summed E-state index contributed by atoms with van der Waals surface area (Å²) in [5, 5.41) is 13.8. The molecule has 92 valence electrons. The Morgan fingerprint density at radius 1 is 1.59 bits per heavy atom. The first-order chi connectivity index (χ1) is 8.16. The average molecular weight is 254 g/mol.